The topological polar surface area (TPSA) is 70.5 Å². The maximum absolute atomic E-state index is 13.5. The molecule has 0 saturated heterocycles. The van der Waals surface area contributed by atoms with Crippen LogP contribution < -0.4 is 4.90 Å². The van der Waals surface area contributed by atoms with E-state index in [0.29, 0.717) is 16.3 Å². The number of aliphatic hydroxyl groups excluding tert-OH is 1. The van der Waals surface area contributed by atoms with Crippen LogP contribution in [0.5, 0.6) is 0 Å². The fraction of sp³-hybridized carbons (Fsp3) is 0.227. The highest BCUT2D eigenvalue weighted by Crippen LogP contribution is 2.45. The molecular formula is C22H20N2O3S2. The maximum atomic E-state index is 13.5. The number of ketones is 1. The van der Waals surface area contributed by atoms with Gasteiger partial charge in [0.15, 0.2) is 5.76 Å². The van der Waals surface area contributed by atoms with Crippen LogP contribution >= 0.6 is 22.7 Å². The van der Waals surface area contributed by atoms with Gasteiger partial charge in [0, 0.05) is 10.6 Å². The molecule has 1 N–H and O–H groups in total. The van der Waals surface area contributed by atoms with E-state index in [9.17, 15) is 14.7 Å². The van der Waals surface area contributed by atoms with E-state index in [-0.39, 0.29) is 11.4 Å². The lowest BCUT2D eigenvalue weighted by Gasteiger charge is -2.26. The van der Waals surface area contributed by atoms with Crippen molar-refractivity contribution < 1.29 is 14.7 Å². The van der Waals surface area contributed by atoms with E-state index in [4.69, 9.17) is 0 Å². The molecule has 3 aromatic rings. The number of nitrogens with zero attached hydrogens (tertiary/aromatic N) is 2. The van der Waals surface area contributed by atoms with Gasteiger partial charge in [0.1, 0.15) is 6.04 Å². The lowest BCUT2D eigenvalue weighted by molar-refractivity contribution is -0.117. The standard InChI is InChI=1S/C22H20N2O3S2/c1-11-6-5-7-15(10-11)24-17(20-12(2)8-9-28-20)16(19(26)22(24)27)18(25)21-13(3)23-14(4)29-21/h5-10,17,26H,1-4H3. The van der Waals surface area contributed by atoms with Crippen LogP contribution in [0.15, 0.2) is 47.0 Å². The van der Waals surface area contributed by atoms with Crippen LogP contribution in [0.1, 0.15) is 42.4 Å². The summed E-state index contributed by atoms with van der Waals surface area (Å²) in [6.45, 7) is 7.50. The summed E-state index contributed by atoms with van der Waals surface area (Å²) in [6, 6.07) is 8.81. The zero-order valence-corrected chi connectivity index (χ0v) is 18.1. The van der Waals surface area contributed by atoms with Gasteiger partial charge in [-0.2, -0.15) is 0 Å². The average molecular weight is 425 g/mol. The van der Waals surface area contributed by atoms with Gasteiger partial charge in [0.25, 0.3) is 5.91 Å². The largest absolute Gasteiger partial charge is 0.503 e. The number of hydrogen-bond acceptors (Lipinski definition) is 6. The van der Waals surface area contributed by atoms with E-state index in [0.717, 1.165) is 21.0 Å². The fourth-order valence-electron chi connectivity index (χ4n) is 3.66. The Balaban J connectivity index is 1.91. The molecule has 148 valence electrons. The normalized spacial score (nSPS) is 16.8. The molecule has 5 nitrogen and oxygen atoms in total. The molecule has 1 amide bonds. The molecule has 0 spiro atoms. The Morgan fingerprint density at radius 1 is 1.17 bits per heavy atom. The molecule has 0 radical (unpaired) electrons. The summed E-state index contributed by atoms with van der Waals surface area (Å²) >= 11 is 2.76. The van der Waals surface area contributed by atoms with Crippen molar-refractivity contribution >= 4 is 40.1 Å². The van der Waals surface area contributed by atoms with Gasteiger partial charge >= 0.3 is 0 Å². The lowest BCUT2D eigenvalue weighted by Crippen LogP contribution is -2.31. The molecule has 0 fully saturated rings. The van der Waals surface area contributed by atoms with Crippen molar-refractivity contribution in [2.24, 2.45) is 0 Å². The van der Waals surface area contributed by atoms with Gasteiger partial charge in [0.2, 0.25) is 5.78 Å². The number of Topliss-reactive ketones (excluding diaryl/α,β-unsaturated/α-hetero) is 1. The molecule has 1 unspecified atom stereocenters. The van der Waals surface area contributed by atoms with Gasteiger partial charge in [0.05, 0.1) is 21.2 Å². The van der Waals surface area contributed by atoms with Crippen molar-refractivity contribution in [1.82, 2.24) is 4.98 Å². The van der Waals surface area contributed by atoms with Crippen LogP contribution in [0.2, 0.25) is 0 Å². The third kappa shape index (κ3) is 3.20. The Kier molecular flexibility index (Phi) is 4.88. The Morgan fingerprint density at radius 3 is 2.52 bits per heavy atom. The minimum Gasteiger partial charge on any atom is -0.503 e. The Labute approximate surface area is 177 Å². The van der Waals surface area contributed by atoms with Crippen molar-refractivity contribution in [3.63, 3.8) is 0 Å². The molecular weight excluding hydrogens is 404 g/mol. The third-order valence-electron chi connectivity index (χ3n) is 4.99. The Bertz CT molecular complexity index is 1170. The minimum absolute atomic E-state index is 0.119. The predicted octanol–water partition coefficient (Wildman–Crippen LogP) is 5.22. The highest BCUT2D eigenvalue weighted by atomic mass is 32.1. The summed E-state index contributed by atoms with van der Waals surface area (Å²) in [5, 5.41) is 13.5. The number of aryl methyl sites for hydroxylation is 4. The van der Waals surface area contributed by atoms with Crippen molar-refractivity contribution in [3.05, 3.63) is 78.6 Å². The lowest BCUT2D eigenvalue weighted by atomic mass is 9.98. The van der Waals surface area contributed by atoms with Gasteiger partial charge in [-0.3, -0.25) is 14.5 Å². The number of benzene rings is 1. The van der Waals surface area contributed by atoms with Crippen LogP contribution in [-0.4, -0.2) is 21.8 Å². The highest BCUT2D eigenvalue weighted by molar-refractivity contribution is 7.14. The van der Waals surface area contributed by atoms with Crippen molar-refractivity contribution in [2.45, 2.75) is 33.7 Å². The van der Waals surface area contributed by atoms with Crippen molar-refractivity contribution in [1.29, 1.82) is 0 Å². The Hall–Kier alpha value is -2.77. The predicted molar refractivity (Wildman–Crippen MR) is 116 cm³/mol. The number of rotatable bonds is 4. The van der Waals surface area contributed by atoms with Crippen LogP contribution in [-0.2, 0) is 4.79 Å². The number of amides is 1. The second kappa shape index (κ2) is 7.24. The molecule has 7 heteroatoms. The number of aromatic nitrogens is 1. The molecule has 29 heavy (non-hydrogen) atoms. The Morgan fingerprint density at radius 2 is 1.93 bits per heavy atom. The monoisotopic (exact) mass is 424 g/mol. The van der Waals surface area contributed by atoms with E-state index in [1.807, 2.05) is 56.5 Å². The number of aliphatic hydroxyl groups is 1. The first kappa shape index (κ1) is 19.5. The number of thiophene rings is 1. The molecule has 0 aliphatic carbocycles. The van der Waals surface area contributed by atoms with Crippen LogP contribution in [0.4, 0.5) is 5.69 Å². The zero-order valence-electron chi connectivity index (χ0n) is 16.5. The van der Waals surface area contributed by atoms with E-state index in [2.05, 4.69) is 4.98 Å². The van der Waals surface area contributed by atoms with Crippen LogP contribution in [0.3, 0.4) is 0 Å². The van der Waals surface area contributed by atoms with Gasteiger partial charge in [-0.15, -0.1) is 22.7 Å². The van der Waals surface area contributed by atoms with Gasteiger partial charge in [-0.05, 0) is 62.4 Å². The molecule has 1 aromatic carbocycles. The van der Waals surface area contributed by atoms with E-state index >= 15 is 0 Å². The summed E-state index contributed by atoms with van der Waals surface area (Å²) in [6.07, 6.45) is 0. The summed E-state index contributed by atoms with van der Waals surface area (Å²) in [7, 11) is 0. The number of hydrogen-bond donors (Lipinski definition) is 1. The fourth-order valence-corrected chi connectivity index (χ4v) is 5.56. The highest BCUT2D eigenvalue weighted by Gasteiger charge is 2.46. The molecule has 1 atom stereocenters. The third-order valence-corrected chi connectivity index (χ3v) is 7.14. The minimum atomic E-state index is -0.668. The number of thiazole rings is 1. The van der Waals surface area contributed by atoms with Crippen LogP contribution in [0, 0.1) is 27.7 Å². The number of anilines is 1. The quantitative estimate of drug-likeness (QED) is 0.583. The molecule has 4 rings (SSSR count). The van der Waals surface area contributed by atoms with Gasteiger partial charge in [-0.1, -0.05) is 12.1 Å². The molecule has 2 aromatic heterocycles. The van der Waals surface area contributed by atoms with Gasteiger partial charge < -0.3 is 5.11 Å². The zero-order chi connectivity index (χ0) is 20.9. The molecule has 1 aliphatic heterocycles. The van der Waals surface area contributed by atoms with Crippen molar-refractivity contribution in [3.8, 4) is 0 Å². The van der Waals surface area contributed by atoms with E-state index in [1.165, 1.54) is 27.6 Å². The molecule has 0 bridgehead atoms. The summed E-state index contributed by atoms with van der Waals surface area (Å²) in [4.78, 5) is 33.8. The number of carbonyl (C=O) groups is 2. The smallest absolute Gasteiger partial charge is 0.294 e. The maximum Gasteiger partial charge on any atom is 0.294 e. The summed E-state index contributed by atoms with van der Waals surface area (Å²) < 4.78 is 0. The van der Waals surface area contributed by atoms with E-state index in [1.54, 1.807) is 6.92 Å². The SMILES string of the molecule is Cc1cccc(N2C(=O)C(O)=C(C(=O)c3sc(C)nc3C)C2c2sccc2C)c1. The van der Waals surface area contributed by atoms with E-state index < -0.39 is 17.7 Å². The first-order chi connectivity index (χ1) is 13.8. The molecule has 0 saturated carbocycles. The first-order valence-electron chi connectivity index (χ1n) is 9.15. The average Bonchev–Trinajstić information content (AvgIpc) is 3.31. The molecule has 3 heterocycles. The van der Waals surface area contributed by atoms with Crippen LogP contribution in [0.25, 0.3) is 0 Å². The summed E-state index contributed by atoms with van der Waals surface area (Å²) in [5.74, 6) is -1.39. The molecule has 1 aliphatic rings. The number of carbonyl (C=O) groups excluding carboxylic acids is 2. The summed E-state index contributed by atoms with van der Waals surface area (Å²) in [5.41, 5.74) is 3.35. The van der Waals surface area contributed by atoms with Crippen molar-refractivity contribution in [2.75, 3.05) is 4.90 Å². The second-order valence-electron chi connectivity index (χ2n) is 7.12. The first-order valence-corrected chi connectivity index (χ1v) is 10.8. The van der Waals surface area contributed by atoms with Gasteiger partial charge in [-0.25, -0.2) is 4.98 Å². The second-order valence-corrected chi connectivity index (χ2v) is 9.27.